The van der Waals surface area contributed by atoms with Crippen molar-refractivity contribution in [2.75, 3.05) is 0 Å². The van der Waals surface area contributed by atoms with Gasteiger partial charge in [-0.25, -0.2) is 0 Å². The van der Waals surface area contributed by atoms with Crippen LogP contribution in [-0.2, 0) is 7.05 Å². The highest BCUT2D eigenvalue weighted by Gasteiger charge is 2.09. The Kier molecular flexibility index (Phi) is 2.99. The number of hydrogen-bond donors (Lipinski definition) is 1. The maximum Gasteiger partial charge on any atom is 0.251 e. The Morgan fingerprint density at radius 2 is 1.90 bits per heavy atom. The molecule has 0 aliphatic carbocycles. The summed E-state index contributed by atoms with van der Waals surface area (Å²) in [5, 5.41) is 11.1. The Labute approximate surface area is 120 Å². The smallest absolute Gasteiger partial charge is 0.251 e. The molecule has 0 spiro atoms. The normalized spacial score (nSPS) is 10.9. The Bertz CT molecular complexity index is 868. The van der Waals surface area contributed by atoms with Crippen LogP contribution in [0.25, 0.3) is 22.0 Å². The van der Waals surface area contributed by atoms with Crippen LogP contribution in [0.1, 0.15) is 0 Å². The largest absolute Gasteiger partial charge is 0.508 e. The number of hydrogen-bond acceptors (Lipinski definition) is 2. The molecule has 1 aromatic heterocycles. The van der Waals surface area contributed by atoms with Crippen LogP contribution in [0.2, 0.25) is 5.02 Å². The number of nitrogens with zero attached hydrogens (tertiary/aromatic N) is 1. The number of phenolic OH excluding ortho intramolecular Hbond substituents is 1. The zero-order valence-corrected chi connectivity index (χ0v) is 11.6. The van der Waals surface area contributed by atoms with Gasteiger partial charge >= 0.3 is 0 Å². The maximum absolute atomic E-state index is 12.1. The fraction of sp³-hybridized carbons (Fsp3) is 0.0625. The van der Waals surface area contributed by atoms with Crippen molar-refractivity contribution in [3.63, 3.8) is 0 Å². The molecule has 2 aromatic carbocycles. The van der Waals surface area contributed by atoms with Crippen molar-refractivity contribution in [1.82, 2.24) is 4.57 Å². The van der Waals surface area contributed by atoms with Crippen molar-refractivity contribution < 1.29 is 5.11 Å². The molecular formula is C16H12ClNO2. The second-order valence-corrected chi connectivity index (χ2v) is 5.10. The topological polar surface area (TPSA) is 42.2 Å². The van der Waals surface area contributed by atoms with Crippen molar-refractivity contribution in [2.45, 2.75) is 0 Å². The molecule has 0 saturated heterocycles. The lowest BCUT2D eigenvalue weighted by atomic mass is 10.0. The van der Waals surface area contributed by atoms with Crippen molar-refractivity contribution in [3.8, 4) is 16.9 Å². The number of aryl methyl sites for hydroxylation is 1. The van der Waals surface area contributed by atoms with E-state index in [1.165, 1.54) is 0 Å². The van der Waals surface area contributed by atoms with Gasteiger partial charge in [-0.3, -0.25) is 4.79 Å². The molecule has 0 radical (unpaired) electrons. The van der Waals surface area contributed by atoms with Gasteiger partial charge in [0.25, 0.3) is 5.56 Å². The Morgan fingerprint density at radius 1 is 1.10 bits per heavy atom. The van der Waals surface area contributed by atoms with Gasteiger partial charge < -0.3 is 9.67 Å². The third kappa shape index (κ3) is 2.06. The van der Waals surface area contributed by atoms with E-state index in [1.54, 1.807) is 48.0 Å². The zero-order chi connectivity index (χ0) is 14.3. The van der Waals surface area contributed by atoms with Gasteiger partial charge in [-0.1, -0.05) is 23.7 Å². The summed E-state index contributed by atoms with van der Waals surface area (Å²) in [6.07, 6.45) is 0. The zero-order valence-electron chi connectivity index (χ0n) is 10.8. The summed E-state index contributed by atoms with van der Waals surface area (Å²) >= 11 is 6.02. The molecule has 0 bridgehead atoms. The van der Waals surface area contributed by atoms with E-state index in [2.05, 4.69) is 0 Å². The highest BCUT2D eigenvalue weighted by atomic mass is 35.5. The van der Waals surface area contributed by atoms with Crippen molar-refractivity contribution >= 4 is 22.5 Å². The van der Waals surface area contributed by atoms with E-state index in [4.69, 9.17) is 11.6 Å². The minimum Gasteiger partial charge on any atom is -0.508 e. The summed E-state index contributed by atoms with van der Waals surface area (Å²) < 4.78 is 1.56. The lowest BCUT2D eigenvalue weighted by Gasteiger charge is -2.11. The summed E-state index contributed by atoms with van der Waals surface area (Å²) in [5.74, 6) is 0.166. The van der Waals surface area contributed by atoms with E-state index in [0.29, 0.717) is 5.02 Å². The molecule has 0 fully saturated rings. The second-order valence-electron chi connectivity index (χ2n) is 4.67. The van der Waals surface area contributed by atoms with Gasteiger partial charge in [-0.05, 0) is 41.5 Å². The predicted molar refractivity (Wildman–Crippen MR) is 81.3 cm³/mol. The van der Waals surface area contributed by atoms with Crippen LogP contribution in [-0.4, -0.2) is 9.67 Å². The fourth-order valence-electron chi connectivity index (χ4n) is 2.34. The fourth-order valence-corrected chi connectivity index (χ4v) is 2.53. The molecule has 0 saturated carbocycles. The van der Waals surface area contributed by atoms with Gasteiger partial charge in [0.1, 0.15) is 5.75 Å². The number of pyridine rings is 1. The van der Waals surface area contributed by atoms with Crippen molar-refractivity contribution in [3.05, 3.63) is 63.9 Å². The minimum absolute atomic E-state index is 0.0989. The van der Waals surface area contributed by atoms with E-state index in [1.807, 2.05) is 12.1 Å². The van der Waals surface area contributed by atoms with Crippen LogP contribution in [0.15, 0.2) is 53.3 Å². The van der Waals surface area contributed by atoms with E-state index in [0.717, 1.165) is 22.0 Å². The molecule has 0 amide bonds. The van der Waals surface area contributed by atoms with Gasteiger partial charge in [0, 0.05) is 23.5 Å². The highest BCUT2D eigenvalue weighted by Crippen LogP contribution is 2.30. The molecule has 0 unspecified atom stereocenters. The molecule has 3 nitrogen and oxygen atoms in total. The Morgan fingerprint density at radius 3 is 2.65 bits per heavy atom. The second kappa shape index (κ2) is 4.69. The number of benzene rings is 2. The molecule has 100 valence electrons. The molecule has 1 N–H and O–H groups in total. The van der Waals surface area contributed by atoms with Gasteiger partial charge in [0.2, 0.25) is 0 Å². The van der Waals surface area contributed by atoms with Crippen LogP contribution in [0.5, 0.6) is 5.75 Å². The lowest BCUT2D eigenvalue weighted by Crippen LogP contribution is -2.16. The van der Waals surface area contributed by atoms with Gasteiger partial charge in [-0.15, -0.1) is 0 Å². The quantitative estimate of drug-likeness (QED) is 0.743. The average molecular weight is 286 g/mol. The molecule has 1 heterocycles. The van der Waals surface area contributed by atoms with E-state index in [-0.39, 0.29) is 11.3 Å². The molecule has 4 heteroatoms. The summed E-state index contributed by atoms with van der Waals surface area (Å²) in [7, 11) is 1.71. The first kappa shape index (κ1) is 12.8. The van der Waals surface area contributed by atoms with Crippen LogP contribution in [0.4, 0.5) is 0 Å². The lowest BCUT2D eigenvalue weighted by molar-refractivity contribution is 0.476. The average Bonchev–Trinajstić information content (AvgIpc) is 2.42. The first-order chi connectivity index (χ1) is 9.56. The first-order valence-electron chi connectivity index (χ1n) is 6.15. The number of fused-ring (bicyclic) bond motifs is 1. The number of halogens is 1. The van der Waals surface area contributed by atoms with E-state index in [9.17, 15) is 9.90 Å². The third-order valence-electron chi connectivity index (χ3n) is 3.37. The molecule has 0 aliphatic rings. The summed E-state index contributed by atoms with van der Waals surface area (Å²) in [5.41, 5.74) is 2.29. The van der Waals surface area contributed by atoms with Crippen LogP contribution in [0.3, 0.4) is 0 Å². The van der Waals surface area contributed by atoms with E-state index >= 15 is 0 Å². The number of phenols is 1. The number of aromatic nitrogens is 1. The first-order valence-corrected chi connectivity index (χ1v) is 6.53. The number of aromatic hydroxyl groups is 1. The van der Waals surface area contributed by atoms with Gasteiger partial charge in [-0.2, -0.15) is 0 Å². The third-order valence-corrected chi connectivity index (χ3v) is 3.60. The molecule has 3 rings (SSSR count). The Balaban J connectivity index is 2.44. The predicted octanol–water partition coefficient (Wildman–Crippen LogP) is 3.56. The van der Waals surface area contributed by atoms with Crippen molar-refractivity contribution in [2.24, 2.45) is 7.05 Å². The minimum atomic E-state index is -0.0989. The molecule has 0 aliphatic heterocycles. The van der Waals surface area contributed by atoms with Crippen LogP contribution in [0, 0.1) is 0 Å². The SMILES string of the molecule is Cn1c(=O)cc(-c2cccc(Cl)c2)c2cc(O)ccc21. The van der Waals surface area contributed by atoms with Crippen LogP contribution < -0.4 is 5.56 Å². The summed E-state index contributed by atoms with van der Waals surface area (Å²) in [4.78, 5) is 12.1. The molecule has 20 heavy (non-hydrogen) atoms. The van der Waals surface area contributed by atoms with Crippen molar-refractivity contribution in [1.29, 1.82) is 0 Å². The maximum atomic E-state index is 12.1. The van der Waals surface area contributed by atoms with Gasteiger partial charge in [0.05, 0.1) is 5.52 Å². The summed E-state index contributed by atoms with van der Waals surface area (Å²) in [6, 6.07) is 13.8. The summed E-state index contributed by atoms with van der Waals surface area (Å²) in [6.45, 7) is 0. The standard InChI is InChI=1S/C16H12ClNO2/c1-18-15-6-5-12(19)8-14(15)13(9-16(18)20)10-3-2-4-11(17)7-10/h2-9,19H,1H3. The highest BCUT2D eigenvalue weighted by molar-refractivity contribution is 6.30. The van der Waals surface area contributed by atoms with Crippen LogP contribution >= 0.6 is 11.6 Å². The molecule has 3 aromatic rings. The molecular weight excluding hydrogens is 274 g/mol. The van der Waals surface area contributed by atoms with Gasteiger partial charge in [0.15, 0.2) is 0 Å². The Hall–Kier alpha value is -2.26. The van der Waals surface area contributed by atoms with E-state index < -0.39 is 0 Å². The number of rotatable bonds is 1. The molecule has 0 atom stereocenters. The monoisotopic (exact) mass is 285 g/mol.